The van der Waals surface area contributed by atoms with Gasteiger partial charge in [-0.25, -0.2) is 0 Å². The van der Waals surface area contributed by atoms with Crippen LogP contribution in [0.15, 0.2) is 0 Å². The lowest BCUT2D eigenvalue weighted by atomic mass is 9.83. The largest absolute Gasteiger partial charge is 0.372 e. The molecule has 1 saturated carbocycles. The van der Waals surface area contributed by atoms with Crippen molar-refractivity contribution in [2.75, 3.05) is 7.05 Å². The number of hydrogen-bond acceptors (Lipinski definition) is 2. The van der Waals surface area contributed by atoms with Gasteiger partial charge in [0, 0.05) is 6.04 Å². The molecule has 0 aromatic carbocycles. The molecule has 2 nitrogen and oxygen atoms in total. The van der Waals surface area contributed by atoms with Gasteiger partial charge in [-0.05, 0) is 57.9 Å². The Morgan fingerprint density at radius 1 is 1.16 bits per heavy atom. The summed E-state index contributed by atoms with van der Waals surface area (Å²) < 4.78 is 6.46. The van der Waals surface area contributed by atoms with Gasteiger partial charge in [0.1, 0.15) is 0 Å². The standard InChI is InChI=1S/C17H33NO/c1-14(2)13-15(18-3)7-8-16-9-12-17(19-16)10-5-4-6-11-17/h14-16,18H,4-13H2,1-3H3. The van der Waals surface area contributed by atoms with E-state index in [2.05, 4.69) is 26.2 Å². The first kappa shape index (κ1) is 15.3. The van der Waals surface area contributed by atoms with Crippen molar-refractivity contribution < 1.29 is 4.74 Å². The summed E-state index contributed by atoms with van der Waals surface area (Å²) in [5.41, 5.74) is 0.302. The molecular formula is C17H33NO. The van der Waals surface area contributed by atoms with E-state index in [0.717, 1.165) is 5.92 Å². The topological polar surface area (TPSA) is 21.3 Å². The Morgan fingerprint density at radius 3 is 2.53 bits per heavy atom. The Labute approximate surface area is 119 Å². The first-order chi connectivity index (χ1) is 9.13. The maximum atomic E-state index is 6.46. The molecule has 0 amide bonds. The molecule has 2 heteroatoms. The van der Waals surface area contributed by atoms with Gasteiger partial charge in [0.05, 0.1) is 11.7 Å². The van der Waals surface area contributed by atoms with Crippen LogP contribution in [0.2, 0.25) is 0 Å². The molecule has 2 atom stereocenters. The smallest absolute Gasteiger partial charge is 0.0687 e. The molecule has 1 heterocycles. The van der Waals surface area contributed by atoms with Crippen LogP contribution in [-0.4, -0.2) is 24.8 Å². The molecule has 1 N–H and O–H groups in total. The third kappa shape index (κ3) is 4.46. The fourth-order valence-corrected chi connectivity index (χ4v) is 4.00. The molecule has 2 unspecified atom stereocenters. The van der Waals surface area contributed by atoms with Crippen LogP contribution in [0.4, 0.5) is 0 Å². The summed E-state index contributed by atoms with van der Waals surface area (Å²) in [6.07, 6.45) is 13.8. The Hall–Kier alpha value is -0.0800. The molecule has 1 aliphatic heterocycles. The van der Waals surface area contributed by atoms with Gasteiger partial charge < -0.3 is 10.1 Å². The van der Waals surface area contributed by atoms with E-state index in [1.165, 1.54) is 64.2 Å². The number of ether oxygens (including phenoxy) is 1. The van der Waals surface area contributed by atoms with Gasteiger partial charge in [-0.3, -0.25) is 0 Å². The Bertz CT molecular complexity index is 258. The summed E-state index contributed by atoms with van der Waals surface area (Å²) >= 11 is 0. The third-order valence-corrected chi connectivity index (χ3v) is 5.10. The van der Waals surface area contributed by atoms with Crippen molar-refractivity contribution in [3.05, 3.63) is 0 Å². The van der Waals surface area contributed by atoms with E-state index < -0.39 is 0 Å². The molecule has 1 aliphatic carbocycles. The van der Waals surface area contributed by atoms with E-state index in [4.69, 9.17) is 4.74 Å². The first-order valence-electron chi connectivity index (χ1n) is 8.49. The fraction of sp³-hybridized carbons (Fsp3) is 1.00. The minimum Gasteiger partial charge on any atom is -0.372 e. The molecule has 0 aromatic rings. The third-order valence-electron chi connectivity index (χ3n) is 5.10. The molecule has 1 spiro atoms. The van der Waals surface area contributed by atoms with Crippen molar-refractivity contribution >= 4 is 0 Å². The zero-order valence-corrected chi connectivity index (χ0v) is 13.2. The summed E-state index contributed by atoms with van der Waals surface area (Å²) in [6, 6.07) is 0.673. The maximum Gasteiger partial charge on any atom is 0.0687 e. The summed E-state index contributed by atoms with van der Waals surface area (Å²) in [6.45, 7) is 4.63. The van der Waals surface area contributed by atoms with Crippen LogP contribution in [0.25, 0.3) is 0 Å². The van der Waals surface area contributed by atoms with Gasteiger partial charge in [-0.15, -0.1) is 0 Å². The van der Waals surface area contributed by atoms with E-state index >= 15 is 0 Å². The summed E-state index contributed by atoms with van der Waals surface area (Å²) in [5.74, 6) is 0.784. The van der Waals surface area contributed by atoms with E-state index in [9.17, 15) is 0 Å². The van der Waals surface area contributed by atoms with Crippen LogP contribution in [0, 0.1) is 5.92 Å². The number of hydrogen-bond donors (Lipinski definition) is 1. The number of nitrogens with one attached hydrogen (secondary N) is 1. The first-order valence-corrected chi connectivity index (χ1v) is 8.49. The van der Waals surface area contributed by atoms with Crippen LogP contribution in [0.3, 0.4) is 0 Å². The highest BCUT2D eigenvalue weighted by molar-refractivity contribution is 4.91. The molecule has 2 fully saturated rings. The Kier molecular flexibility index (Phi) is 5.70. The van der Waals surface area contributed by atoms with Gasteiger partial charge >= 0.3 is 0 Å². The average Bonchev–Trinajstić information content (AvgIpc) is 2.78. The molecule has 0 bridgehead atoms. The second-order valence-electron chi connectivity index (χ2n) is 7.21. The molecule has 0 aromatic heterocycles. The maximum absolute atomic E-state index is 6.46. The van der Waals surface area contributed by atoms with Gasteiger partial charge in [-0.1, -0.05) is 33.1 Å². The average molecular weight is 267 g/mol. The van der Waals surface area contributed by atoms with Gasteiger partial charge in [-0.2, -0.15) is 0 Å². The Morgan fingerprint density at radius 2 is 1.89 bits per heavy atom. The normalized spacial score (nSPS) is 28.1. The highest BCUT2D eigenvalue weighted by Gasteiger charge is 2.40. The monoisotopic (exact) mass is 267 g/mol. The van der Waals surface area contributed by atoms with E-state index in [0.29, 0.717) is 17.7 Å². The van der Waals surface area contributed by atoms with Crippen molar-refractivity contribution in [3.8, 4) is 0 Å². The van der Waals surface area contributed by atoms with E-state index in [-0.39, 0.29) is 0 Å². The van der Waals surface area contributed by atoms with Crippen LogP contribution < -0.4 is 5.32 Å². The van der Waals surface area contributed by atoms with Crippen LogP contribution >= 0.6 is 0 Å². The molecule has 2 aliphatic rings. The van der Waals surface area contributed by atoms with E-state index in [1.807, 2.05) is 0 Å². The summed E-state index contributed by atoms with van der Waals surface area (Å²) in [4.78, 5) is 0. The second kappa shape index (κ2) is 7.08. The summed E-state index contributed by atoms with van der Waals surface area (Å²) in [5, 5.41) is 3.47. The zero-order valence-electron chi connectivity index (χ0n) is 13.2. The lowest BCUT2D eigenvalue weighted by molar-refractivity contribution is -0.0666. The van der Waals surface area contributed by atoms with Crippen molar-refractivity contribution in [2.24, 2.45) is 5.92 Å². The molecule has 19 heavy (non-hydrogen) atoms. The van der Waals surface area contributed by atoms with Crippen molar-refractivity contribution in [2.45, 2.75) is 95.8 Å². The molecule has 112 valence electrons. The minimum atomic E-state index is 0.302. The highest BCUT2D eigenvalue weighted by atomic mass is 16.5. The predicted octanol–water partition coefficient (Wildman–Crippen LogP) is 4.28. The Balaban J connectivity index is 1.72. The highest BCUT2D eigenvalue weighted by Crippen LogP contribution is 2.42. The van der Waals surface area contributed by atoms with Crippen molar-refractivity contribution in [3.63, 3.8) is 0 Å². The predicted molar refractivity (Wildman–Crippen MR) is 81.5 cm³/mol. The lowest BCUT2D eigenvalue weighted by Gasteiger charge is -2.33. The second-order valence-corrected chi connectivity index (χ2v) is 7.21. The van der Waals surface area contributed by atoms with Crippen molar-refractivity contribution in [1.29, 1.82) is 0 Å². The van der Waals surface area contributed by atoms with Crippen LogP contribution in [-0.2, 0) is 4.74 Å². The van der Waals surface area contributed by atoms with Gasteiger partial charge in [0.25, 0.3) is 0 Å². The molecular weight excluding hydrogens is 234 g/mol. The van der Waals surface area contributed by atoms with E-state index in [1.54, 1.807) is 0 Å². The zero-order chi connectivity index (χ0) is 13.7. The van der Waals surface area contributed by atoms with Gasteiger partial charge in [0.15, 0.2) is 0 Å². The molecule has 2 rings (SSSR count). The summed E-state index contributed by atoms with van der Waals surface area (Å²) in [7, 11) is 2.10. The minimum absolute atomic E-state index is 0.302. The van der Waals surface area contributed by atoms with Crippen LogP contribution in [0.1, 0.15) is 78.1 Å². The number of rotatable bonds is 6. The molecule has 1 saturated heterocycles. The van der Waals surface area contributed by atoms with Crippen molar-refractivity contribution in [1.82, 2.24) is 5.32 Å². The fourth-order valence-electron chi connectivity index (χ4n) is 4.00. The van der Waals surface area contributed by atoms with Gasteiger partial charge in [0.2, 0.25) is 0 Å². The lowest BCUT2D eigenvalue weighted by Crippen LogP contribution is -2.32. The quantitative estimate of drug-likeness (QED) is 0.775. The molecule has 0 radical (unpaired) electrons. The SMILES string of the molecule is CNC(CCC1CCC2(CCCCC2)O1)CC(C)C. The van der Waals surface area contributed by atoms with Crippen LogP contribution in [0.5, 0.6) is 0 Å².